The van der Waals surface area contributed by atoms with E-state index in [1.165, 1.54) is 0 Å². The van der Waals surface area contributed by atoms with Crippen molar-refractivity contribution in [3.8, 4) is 22.9 Å². The molecular weight excluding hydrogens is 400 g/mol. The second-order valence-corrected chi connectivity index (χ2v) is 7.36. The first-order chi connectivity index (χ1) is 15.1. The summed E-state index contributed by atoms with van der Waals surface area (Å²) in [6.07, 6.45) is -0.699. The van der Waals surface area contributed by atoms with Crippen LogP contribution >= 0.6 is 0 Å². The molecule has 0 bridgehead atoms. The first-order valence-corrected chi connectivity index (χ1v) is 10.4. The van der Waals surface area contributed by atoms with Gasteiger partial charge in [0.1, 0.15) is 6.61 Å². The molecule has 1 atom stereocenters. The van der Waals surface area contributed by atoms with Crippen LogP contribution in [0, 0.1) is 0 Å². The van der Waals surface area contributed by atoms with Gasteiger partial charge in [0.05, 0.1) is 29.0 Å². The highest BCUT2D eigenvalue weighted by Gasteiger charge is 2.34. The van der Waals surface area contributed by atoms with E-state index in [1.54, 1.807) is 10.6 Å². The van der Waals surface area contributed by atoms with E-state index in [2.05, 4.69) is 6.92 Å². The van der Waals surface area contributed by atoms with Gasteiger partial charge in [-0.15, -0.1) is 0 Å². The van der Waals surface area contributed by atoms with E-state index in [0.717, 1.165) is 28.5 Å². The van der Waals surface area contributed by atoms with Crippen LogP contribution in [-0.4, -0.2) is 27.4 Å². The van der Waals surface area contributed by atoms with Gasteiger partial charge in [-0.05, 0) is 24.1 Å². The van der Waals surface area contributed by atoms with Crippen molar-refractivity contribution in [2.75, 3.05) is 6.79 Å². The number of aromatic nitrogens is 2. The average molecular weight is 422 g/mol. The molecule has 31 heavy (non-hydrogen) atoms. The lowest BCUT2D eigenvalue weighted by molar-refractivity contribution is -0.157. The molecule has 1 N–H and O–H groups in total. The Balaban J connectivity index is 0.000000994. The van der Waals surface area contributed by atoms with Crippen molar-refractivity contribution < 1.29 is 24.1 Å². The van der Waals surface area contributed by atoms with Crippen LogP contribution < -0.4 is 15.0 Å². The number of cyclic esters (lactones) is 1. The summed E-state index contributed by atoms with van der Waals surface area (Å²) >= 11 is 0. The summed E-state index contributed by atoms with van der Waals surface area (Å²) in [4.78, 5) is 29.7. The van der Waals surface area contributed by atoms with Gasteiger partial charge in [0.25, 0.3) is 5.56 Å². The van der Waals surface area contributed by atoms with E-state index in [0.29, 0.717) is 40.6 Å². The fraction of sp³-hybridized carbons (Fsp3) is 0.348. The largest absolute Gasteiger partial charge is 0.458 e. The van der Waals surface area contributed by atoms with Gasteiger partial charge in [-0.2, -0.15) is 0 Å². The predicted octanol–water partition coefficient (Wildman–Crippen LogP) is 2.83. The van der Waals surface area contributed by atoms with E-state index in [4.69, 9.17) is 19.2 Å². The van der Waals surface area contributed by atoms with Crippen LogP contribution in [0.25, 0.3) is 22.3 Å². The number of ether oxygens (including phenoxy) is 3. The fourth-order valence-electron chi connectivity index (χ4n) is 4.50. The van der Waals surface area contributed by atoms with Crippen LogP contribution in [0.2, 0.25) is 0 Å². The number of aliphatic hydroxyl groups excluding tert-OH is 1. The molecule has 0 saturated carbocycles. The number of hydrogen-bond acceptors (Lipinski definition) is 7. The Hall–Kier alpha value is -3.39. The van der Waals surface area contributed by atoms with Gasteiger partial charge in [-0.1, -0.05) is 20.8 Å². The van der Waals surface area contributed by atoms with Crippen LogP contribution in [-0.2, 0) is 29.1 Å². The number of nitrogens with zero attached hydrogens (tertiary/aromatic N) is 2. The molecule has 1 unspecified atom stereocenters. The highest BCUT2D eigenvalue weighted by Crippen LogP contribution is 2.42. The van der Waals surface area contributed by atoms with Gasteiger partial charge in [-0.25, -0.2) is 9.78 Å². The third kappa shape index (κ3) is 2.68. The van der Waals surface area contributed by atoms with Gasteiger partial charge < -0.3 is 23.9 Å². The van der Waals surface area contributed by atoms with Crippen molar-refractivity contribution in [2.24, 2.45) is 0 Å². The highest BCUT2D eigenvalue weighted by atomic mass is 16.7. The fourth-order valence-corrected chi connectivity index (χ4v) is 4.50. The highest BCUT2D eigenvalue weighted by molar-refractivity contribution is 5.91. The summed E-state index contributed by atoms with van der Waals surface area (Å²) in [5, 5.41) is 11.2. The molecule has 3 aromatic rings. The molecule has 0 radical (unpaired) electrons. The SMILES string of the molecule is CC.CCc1c2c(nc3cc4c(cc13)OCO4)-c1cc3c(c(=O)n1C2)COC(=O)C3O. The smallest absolute Gasteiger partial charge is 0.340 e. The lowest BCUT2D eigenvalue weighted by atomic mass is 9.97. The molecule has 8 heteroatoms. The summed E-state index contributed by atoms with van der Waals surface area (Å²) in [5.41, 5.74) is 4.47. The summed E-state index contributed by atoms with van der Waals surface area (Å²) in [7, 11) is 0. The van der Waals surface area contributed by atoms with Crippen LogP contribution in [0.3, 0.4) is 0 Å². The first-order valence-electron chi connectivity index (χ1n) is 10.4. The minimum atomic E-state index is -1.46. The van der Waals surface area contributed by atoms with Crippen molar-refractivity contribution in [2.45, 2.75) is 46.4 Å². The van der Waals surface area contributed by atoms with Gasteiger partial charge in [-0.3, -0.25) is 4.79 Å². The van der Waals surface area contributed by atoms with E-state index >= 15 is 0 Å². The van der Waals surface area contributed by atoms with Gasteiger partial charge in [0.2, 0.25) is 6.79 Å². The molecule has 0 amide bonds. The number of pyridine rings is 2. The first kappa shape index (κ1) is 19.6. The lowest BCUT2D eigenvalue weighted by Gasteiger charge is -2.21. The Bertz CT molecular complexity index is 1310. The van der Waals surface area contributed by atoms with Crippen molar-refractivity contribution in [1.82, 2.24) is 9.55 Å². The minimum absolute atomic E-state index is 0.127. The Morgan fingerprint density at radius 3 is 2.58 bits per heavy atom. The van der Waals surface area contributed by atoms with E-state index in [-0.39, 0.29) is 19.0 Å². The monoisotopic (exact) mass is 422 g/mol. The molecule has 0 fully saturated rings. The predicted molar refractivity (Wildman–Crippen MR) is 112 cm³/mol. The quantitative estimate of drug-likeness (QED) is 0.471. The maximum Gasteiger partial charge on any atom is 0.340 e. The van der Waals surface area contributed by atoms with E-state index in [9.17, 15) is 14.7 Å². The molecule has 0 aliphatic carbocycles. The molecule has 3 aliphatic heterocycles. The molecular formula is C23H22N2O6. The summed E-state index contributed by atoms with van der Waals surface area (Å²) in [5.74, 6) is 0.593. The standard InChI is InChI=1S/C21H16N2O6.C2H6/c1-2-9-10-4-16-17(29-8-28-16)5-14(10)22-18-12(9)6-23-15(18)3-11-13(20(23)25)7-27-21(26)19(11)24;1-2/h3-5,19,24H,2,6-8H2,1H3;1-2H3. The second kappa shape index (κ2) is 7.09. The second-order valence-electron chi connectivity index (χ2n) is 7.36. The van der Waals surface area contributed by atoms with Gasteiger partial charge >= 0.3 is 5.97 Å². The normalized spacial score (nSPS) is 17.4. The number of aryl methyl sites for hydroxylation is 1. The van der Waals surface area contributed by atoms with Crippen molar-refractivity contribution in [3.63, 3.8) is 0 Å². The Morgan fingerprint density at radius 1 is 1.10 bits per heavy atom. The third-order valence-electron chi connectivity index (χ3n) is 5.92. The number of rotatable bonds is 1. The number of benzene rings is 1. The minimum Gasteiger partial charge on any atom is -0.458 e. The Labute approximate surface area is 178 Å². The number of aliphatic hydroxyl groups is 1. The number of hydrogen-bond donors (Lipinski definition) is 1. The zero-order valence-corrected chi connectivity index (χ0v) is 17.5. The van der Waals surface area contributed by atoms with Crippen LogP contribution in [0.5, 0.6) is 11.5 Å². The number of fused-ring (bicyclic) bond motifs is 6. The van der Waals surface area contributed by atoms with Crippen molar-refractivity contribution in [1.29, 1.82) is 0 Å². The Morgan fingerprint density at radius 2 is 1.84 bits per heavy atom. The maximum atomic E-state index is 13.1. The topological polar surface area (TPSA) is 99.9 Å². The maximum absolute atomic E-state index is 13.1. The summed E-state index contributed by atoms with van der Waals surface area (Å²) in [6, 6.07) is 5.48. The van der Waals surface area contributed by atoms with Gasteiger partial charge in [0.15, 0.2) is 17.6 Å². The zero-order chi connectivity index (χ0) is 21.9. The number of carbonyl (C=O) groups is 1. The molecule has 160 valence electrons. The number of carbonyl (C=O) groups excluding carboxylic acids is 1. The molecule has 2 aromatic heterocycles. The molecule has 5 heterocycles. The van der Waals surface area contributed by atoms with Crippen LogP contribution in [0.1, 0.15) is 49.1 Å². The van der Waals surface area contributed by atoms with Crippen LogP contribution in [0.15, 0.2) is 23.0 Å². The lowest BCUT2D eigenvalue weighted by Crippen LogP contribution is -2.32. The van der Waals surface area contributed by atoms with Crippen molar-refractivity contribution >= 4 is 16.9 Å². The van der Waals surface area contributed by atoms with E-state index in [1.807, 2.05) is 26.0 Å². The average Bonchev–Trinajstić information content (AvgIpc) is 3.39. The van der Waals surface area contributed by atoms with Gasteiger partial charge in [0, 0.05) is 22.6 Å². The summed E-state index contributed by atoms with van der Waals surface area (Å²) < 4.78 is 17.6. The molecule has 0 saturated heterocycles. The molecule has 3 aliphatic rings. The molecule has 0 spiro atoms. The van der Waals surface area contributed by atoms with Crippen LogP contribution in [0.4, 0.5) is 0 Å². The number of esters is 1. The molecule has 6 rings (SSSR count). The zero-order valence-electron chi connectivity index (χ0n) is 17.5. The van der Waals surface area contributed by atoms with E-state index < -0.39 is 12.1 Å². The third-order valence-corrected chi connectivity index (χ3v) is 5.92. The molecule has 8 nitrogen and oxygen atoms in total. The summed E-state index contributed by atoms with van der Waals surface area (Å²) in [6.45, 7) is 6.51. The Kier molecular flexibility index (Phi) is 4.48. The van der Waals surface area contributed by atoms with Crippen molar-refractivity contribution in [3.05, 3.63) is 50.8 Å². The molecule has 1 aromatic carbocycles.